The largest absolute Gasteiger partial charge is 0.352 e. The maximum atomic E-state index is 12.4. The topological polar surface area (TPSA) is 150 Å². The zero-order valence-corrected chi connectivity index (χ0v) is 18.4. The summed E-state index contributed by atoms with van der Waals surface area (Å²) in [6, 6.07) is 13.1. The first-order valence-electron chi connectivity index (χ1n) is 9.73. The average molecular weight is 458 g/mol. The van der Waals surface area contributed by atoms with E-state index in [0.29, 0.717) is 36.5 Å². The molecule has 3 aromatic rings. The van der Waals surface area contributed by atoms with Crippen LogP contribution in [0.4, 0.5) is 5.69 Å². The molecule has 11 heteroatoms. The molecule has 0 aliphatic heterocycles. The summed E-state index contributed by atoms with van der Waals surface area (Å²) in [6.07, 6.45) is 0.533. The Balaban J connectivity index is 1.56. The van der Waals surface area contributed by atoms with Crippen LogP contribution in [0.5, 0.6) is 0 Å². The molecule has 0 bridgehead atoms. The average Bonchev–Trinajstić information content (AvgIpc) is 3.01. The zero-order chi connectivity index (χ0) is 23.5. The highest BCUT2D eigenvalue weighted by molar-refractivity contribution is 7.89. The highest BCUT2D eigenvalue weighted by atomic mass is 32.2. The number of aryl methyl sites for hydroxylation is 1. The number of nitro groups is 1. The Morgan fingerprint density at radius 1 is 1.09 bits per heavy atom. The Bertz CT molecular complexity index is 1250. The quantitative estimate of drug-likeness (QED) is 0.390. The van der Waals surface area contributed by atoms with Crippen molar-refractivity contribution >= 4 is 21.6 Å². The third kappa shape index (κ3) is 5.37. The van der Waals surface area contributed by atoms with Crippen molar-refractivity contribution < 1.29 is 18.1 Å². The molecular formula is C21H23N5O5S. The van der Waals surface area contributed by atoms with Gasteiger partial charge in [0, 0.05) is 12.1 Å². The molecule has 0 aliphatic rings. The Morgan fingerprint density at radius 2 is 1.69 bits per heavy atom. The molecule has 1 heterocycles. The lowest BCUT2D eigenvalue weighted by atomic mass is 10.1. The van der Waals surface area contributed by atoms with E-state index in [4.69, 9.17) is 5.14 Å². The summed E-state index contributed by atoms with van der Waals surface area (Å²) in [7, 11) is -3.73. The molecule has 3 rings (SSSR count). The molecular weight excluding hydrogens is 434 g/mol. The van der Waals surface area contributed by atoms with E-state index in [1.54, 1.807) is 54.9 Å². The fourth-order valence-electron chi connectivity index (χ4n) is 3.31. The van der Waals surface area contributed by atoms with E-state index in [1.165, 1.54) is 12.1 Å². The van der Waals surface area contributed by atoms with Crippen LogP contribution >= 0.6 is 0 Å². The molecule has 0 aliphatic carbocycles. The van der Waals surface area contributed by atoms with Gasteiger partial charge >= 0.3 is 5.69 Å². The maximum Gasteiger partial charge on any atom is 0.312 e. The van der Waals surface area contributed by atoms with Gasteiger partial charge in [0.2, 0.25) is 10.0 Å². The molecule has 0 unspecified atom stereocenters. The summed E-state index contributed by atoms with van der Waals surface area (Å²) < 4.78 is 24.1. The van der Waals surface area contributed by atoms with Crippen molar-refractivity contribution in [2.75, 3.05) is 6.54 Å². The van der Waals surface area contributed by atoms with Crippen LogP contribution in [0.2, 0.25) is 0 Å². The number of nitrogens with one attached hydrogen (secondary N) is 1. The first-order chi connectivity index (χ1) is 15.1. The van der Waals surface area contributed by atoms with Crippen molar-refractivity contribution in [3.63, 3.8) is 0 Å². The second-order valence-corrected chi connectivity index (χ2v) is 8.89. The van der Waals surface area contributed by atoms with Crippen LogP contribution in [0.15, 0.2) is 53.4 Å². The number of rotatable bonds is 8. The minimum Gasteiger partial charge on any atom is -0.352 e. The van der Waals surface area contributed by atoms with Crippen molar-refractivity contribution in [3.8, 4) is 0 Å². The fourth-order valence-corrected chi connectivity index (χ4v) is 3.82. The van der Waals surface area contributed by atoms with Gasteiger partial charge in [0.25, 0.3) is 5.91 Å². The number of sulfonamides is 1. The second kappa shape index (κ2) is 9.28. The van der Waals surface area contributed by atoms with E-state index in [1.807, 2.05) is 0 Å². The third-order valence-electron chi connectivity index (χ3n) is 5.03. The van der Waals surface area contributed by atoms with Gasteiger partial charge < -0.3 is 5.32 Å². The molecule has 0 atom stereocenters. The van der Waals surface area contributed by atoms with E-state index in [0.717, 1.165) is 11.1 Å². The van der Waals surface area contributed by atoms with E-state index in [9.17, 15) is 23.3 Å². The Morgan fingerprint density at radius 3 is 2.22 bits per heavy atom. The summed E-state index contributed by atoms with van der Waals surface area (Å²) in [6.45, 7) is 3.99. The monoisotopic (exact) mass is 457 g/mol. The number of amides is 1. The second-order valence-electron chi connectivity index (χ2n) is 7.33. The van der Waals surface area contributed by atoms with Crippen molar-refractivity contribution in [1.29, 1.82) is 0 Å². The van der Waals surface area contributed by atoms with Crippen LogP contribution in [0.1, 0.15) is 32.9 Å². The third-order valence-corrected chi connectivity index (χ3v) is 5.95. The molecule has 1 aromatic heterocycles. The van der Waals surface area contributed by atoms with Gasteiger partial charge in [0.1, 0.15) is 11.4 Å². The molecule has 168 valence electrons. The maximum absolute atomic E-state index is 12.4. The normalized spacial score (nSPS) is 11.3. The van der Waals surface area contributed by atoms with Crippen molar-refractivity contribution in [2.24, 2.45) is 5.14 Å². The van der Waals surface area contributed by atoms with Gasteiger partial charge in [-0.05, 0) is 55.7 Å². The van der Waals surface area contributed by atoms with Gasteiger partial charge in [-0.1, -0.05) is 24.3 Å². The molecule has 1 amide bonds. The summed E-state index contributed by atoms with van der Waals surface area (Å²) >= 11 is 0. The van der Waals surface area contributed by atoms with Gasteiger partial charge in [0.15, 0.2) is 0 Å². The standard InChI is InChI=1S/C21H23N5O5S/c1-14-20(26(28)29)15(2)25(24-14)13-17-3-7-18(8-4-17)21(27)23-12-11-16-5-9-19(10-6-16)32(22,30)31/h3-10H,11-13H2,1-2H3,(H,23,27)(H2,22,30,31). The molecule has 0 saturated carbocycles. The van der Waals surface area contributed by atoms with Gasteiger partial charge in [0.05, 0.1) is 16.4 Å². The van der Waals surface area contributed by atoms with Crippen LogP contribution < -0.4 is 10.5 Å². The lowest BCUT2D eigenvalue weighted by molar-refractivity contribution is -0.386. The van der Waals surface area contributed by atoms with E-state index in [2.05, 4.69) is 10.4 Å². The molecule has 0 spiro atoms. The summed E-state index contributed by atoms with van der Waals surface area (Å²) in [5.74, 6) is -0.237. The fraction of sp³-hybridized carbons (Fsp3) is 0.238. The van der Waals surface area contributed by atoms with Gasteiger partial charge in [-0.25, -0.2) is 13.6 Å². The highest BCUT2D eigenvalue weighted by Crippen LogP contribution is 2.22. The van der Waals surface area contributed by atoms with Gasteiger partial charge in [-0.15, -0.1) is 0 Å². The predicted molar refractivity (Wildman–Crippen MR) is 118 cm³/mol. The zero-order valence-electron chi connectivity index (χ0n) is 17.6. The minimum atomic E-state index is -3.73. The molecule has 0 fully saturated rings. The molecule has 0 saturated heterocycles. The number of nitrogens with zero attached hydrogens (tertiary/aromatic N) is 3. The minimum absolute atomic E-state index is 0.0142. The van der Waals surface area contributed by atoms with Crippen molar-refractivity contribution in [2.45, 2.75) is 31.7 Å². The number of primary sulfonamides is 1. The van der Waals surface area contributed by atoms with Crippen LogP contribution in [0.3, 0.4) is 0 Å². The number of hydrogen-bond acceptors (Lipinski definition) is 6. The highest BCUT2D eigenvalue weighted by Gasteiger charge is 2.21. The van der Waals surface area contributed by atoms with E-state index in [-0.39, 0.29) is 16.5 Å². The van der Waals surface area contributed by atoms with Crippen molar-refractivity contribution in [3.05, 3.63) is 86.7 Å². The summed E-state index contributed by atoms with van der Waals surface area (Å²) in [4.78, 5) is 23.1. The predicted octanol–water partition coefficient (Wildman–Crippen LogP) is 2.08. The van der Waals surface area contributed by atoms with Crippen molar-refractivity contribution in [1.82, 2.24) is 15.1 Å². The molecule has 32 heavy (non-hydrogen) atoms. The van der Waals surface area contributed by atoms with E-state index >= 15 is 0 Å². The molecule has 10 nitrogen and oxygen atoms in total. The number of carbonyl (C=O) groups is 1. The smallest absolute Gasteiger partial charge is 0.312 e. The van der Waals surface area contributed by atoms with Crippen LogP contribution in [-0.4, -0.2) is 35.6 Å². The molecule has 3 N–H and O–H groups in total. The SMILES string of the molecule is Cc1nn(Cc2ccc(C(=O)NCCc3ccc(S(N)(=O)=O)cc3)cc2)c(C)c1[N+](=O)[O-]. The molecule has 0 radical (unpaired) electrons. The van der Waals surface area contributed by atoms with Gasteiger partial charge in [-0.2, -0.15) is 5.10 Å². The summed E-state index contributed by atoms with van der Waals surface area (Å²) in [5.41, 5.74) is 3.07. The number of carbonyl (C=O) groups excluding carboxylic acids is 1. The number of benzene rings is 2. The van der Waals surface area contributed by atoms with Crippen LogP contribution in [0.25, 0.3) is 0 Å². The first-order valence-corrected chi connectivity index (χ1v) is 11.3. The molecule has 2 aromatic carbocycles. The lowest BCUT2D eigenvalue weighted by Crippen LogP contribution is -2.25. The number of nitrogens with two attached hydrogens (primary N) is 1. The van der Waals surface area contributed by atoms with Crippen LogP contribution in [-0.2, 0) is 23.0 Å². The first kappa shape index (κ1) is 23.1. The van der Waals surface area contributed by atoms with E-state index < -0.39 is 14.9 Å². The Hall–Kier alpha value is -3.57. The van der Waals surface area contributed by atoms with Crippen LogP contribution in [0, 0.1) is 24.0 Å². The number of aromatic nitrogens is 2. The number of hydrogen-bond donors (Lipinski definition) is 2. The Labute approximate surface area is 185 Å². The summed E-state index contributed by atoms with van der Waals surface area (Å²) in [5, 5.41) is 23.3. The lowest BCUT2D eigenvalue weighted by Gasteiger charge is -2.08. The Kier molecular flexibility index (Phi) is 6.70. The van der Waals surface area contributed by atoms with Gasteiger partial charge in [-0.3, -0.25) is 19.6 Å².